The maximum absolute atomic E-state index is 12.3. The van der Waals surface area contributed by atoms with Gasteiger partial charge in [-0.3, -0.25) is 9.59 Å². The number of rotatable bonds is 5. The average Bonchev–Trinajstić information content (AvgIpc) is 2.80. The minimum absolute atomic E-state index is 0.160. The van der Waals surface area contributed by atoms with Gasteiger partial charge in [0.25, 0.3) is 0 Å². The first kappa shape index (κ1) is 17.3. The number of hydrogen-bond acceptors (Lipinski definition) is 2. The van der Waals surface area contributed by atoms with Crippen LogP contribution >= 0.6 is 0 Å². The van der Waals surface area contributed by atoms with Gasteiger partial charge in [0.1, 0.15) is 6.54 Å². The molecule has 0 saturated carbocycles. The molecule has 1 heterocycles. The summed E-state index contributed by atoms with van der Waals surface area (Å²) in [6.07, 6.45) is -3.95. The van der Waals surface area contributed by atoms with E-state index in [9.17, 15) is 22.8 Å². The SMILES string of the molecule is Cc1ccccc1CCNC(=O)[C@H]1CC(=O)N(CC(F)(F)F)C1. The molecule has 0 aliphatic carbocycles. The number of amides is 2. The first-order valence-electron chi connectivity index (χ1n) is 7.43. The van der Waals surface area contributed by atoms with Gasteiger partial charge in [-0.2, -0.15) is 13.2 Å². The minimum Gasteiger partial charge on any atom is -0.355 e. The molecule has 2 rings (SSSR count). The van der Waals surface area contributed by atoms with Gasteiger partial charge in [0.2, 0.25) is 11.8 Å². The molecule has 1 N–H and O–H groups in total. The first-order chi connectivity index (χ1) is 10.8. The quantitative estimate of drug-likeness (QED) is 0.899. The van der Waals surface area contributed by atoms with Crippen LogP contribution in [0, 0.1) is 12.8 Å². The van der Waals surface area contributed by atoms with E-state index in [0.717, 1.165) is 11.1 Å². The molecule has 23 heavy (non-hydrogen) atoms. The van der Waals surface area contributed by atoms with Crippen molar-refractivity contribution in [2.24, 2.45) is 5.92 Å². The summed E-state index contributed by atoms with van der Waals surface area (Å²) in [4.78, 5) is 24.3. The second-order valence-electron chi connectivity index (χ2n) is 5.76. The molecule has 0 radical (unpaired) electrons. The van der Waals surface area contributed by atoms with Crippen molar-refractivity contribution >= 4 is 11.8 Å². The fourth-order valence-electron chi connectivity index (χ4n) is 2.67. The summed E-state index contributed by atoms with van der Waals surface area (Å²) in [7, 11) is 0. The fraction of sp³-hybridized carbons (Fsp3) is 0.500. The zero-order chi connectivity index (χ0) is 17.0. The second kappa shape index (κ2) is 7.02. The normalized spacial score (nSPS) is 18.3. The molecule has 1 aromatic carbocycles. The largest absolute Gasteiger partial charge is 0.406 e. The molecular weight excluding hydrogens is 309 g/mol. The van der Waals surface area contributed by atoms with E-state index >= 15 is 0 Å². The summed E-state index contributed by atoms with van der Waals surface area (Å²) in [5.74, 6) is -1.69. The second-order valence-corrected chi connectivity index (χ2v) is 5.76. The van der Waals surface area contributed by atoms with Crippen molar-refractivity contribution in [1.29, 1.82) is 0 Å². The lowest BCUT2D eigenvalue weighted by Crippen LogP contribution is -2.37. The van der Waals surface area contributed by atoms with Gasteiger partial charge >= 0.3 is 6.18 Å². The Kier molecular flexibility index (Phi) is 5.28. The molecule has 0 unspecified atom stereocenters. The van der Waals surface area contributed by atoms with Crippen molar-refractivity contribution in [1.82, 2.24) is 10.2 Å². The van der Waals surface area contributed by atoms with Crippen LogP contribution in [0.4, 0.5) is 13.2 Å². The predicted molar refractivity (Wildman–Crippen MR) is 78.6 cm³/mol. The number of likely N-dealkylation sites (tertiary alicyclic amines) is 1. The monoisotopic (exact) mass is 328 g/mol. The van der Waals surface area contributed by atoms with Crippen LogP contribution in [0.2, 0.25) is 0 Å². The van der Waals surface area contributed by atoms with E-state index in [1.165, 1.54) is 0 Å². The van der Waals surface area contributed by atoms with Crippen LogP contribution in [0.15, 0.2) is 24.3 Å². The van der Waals surface area contributed by atoms with E-state index in [1.807, 2.05) is 31.2 Å². The van der Waals surface area contributed by atoms with Gasteiger partial charge in [-0.15, -0.1) is 0 Å². The molecule has 0 spiro atoms. The van der Waals surface area contributed by atoms with Crippen molar-refractivity contribution in [2.45, 2.75) is 25.9 Å². The third-order valence-electron chi connectivity index (χ3n) is 3.91. The van der Waals surface area contributed by atoms with Gasteiger partial charge < -0.3 is 10.2 Å². The molecule has 1 aromatic rings. The smallest absolute Gasteiger partial charge is 0.355 e. The Morgan fingerprint density at radius 1 is 1.35 bits per heavy atom. The molecule has 0 aromatic heterocycles. The Bertz CT molecular complexity index is 587. The van der Waals surface area contributed by atoms with E-state index in [2.05, 4.69) is 5.32 Å². The highest BCUT2D eigenvalue weighted by Gasteiger charge is 2.40. The summed E-state index contributed by atoms with van der Waals surface area (Å²) in [6, 6.07) is 7.78. The number of carbonyl (C=O) groups excluding carboxylic acids is 2. The molecule has 1 fully saturated rings. The maximum Gasteiger partial charge on any atom is 0.406 e. The summed E-state index contributed by atoms with van der Waals surface area (Å²) in [5, 5.41) is 2.71. The van der Waals surface area contributed by atoms with Gasteiger partial charge in [0.05, 0.1) is 5.92 Å². The van der Waals surface area contributed by atoms with Crippen LogP contribution in [0.25, 0.3) is 0 Å². The van der Waals surface area contributed by atoms with Gasteiger partial charge in [0.15, 0.2) is 0 Å². The fourth-order valence-corrected chi connectivity index (χ4v) is 2.67. The number of nitrogens with zero attached hydrogens (tertiary/aromatic N) is 1. The molecule has 4 nitrogen and oxygen atoms in total. The van der Waals surface area contributed by atoms with Gasteiger partial charge in [0, 0.05) is 19.5 Å². The lowest BCUT2D eigenvalue weighted by molar-refractivity contribution is -0.157. The van der Waals surface area contributed by atoms with Crippen molar-refractivity contribution in [3.8, 4) is 0 Å². The standard InChI is InChI=1S/C16H19F3N2O2/c1-11-4-2-3-5-12(11)6-7-20-15(23)13-8-14(22)21(9-13)10-16(17,18)19/h2-5,13H,6-10H2,1H3,(H,20,23)/t13-/m0/s1. The van der Waals surface area contributed by atoms with E-state index in [4.69, 9.17) is 0 Å². The summed E-state index contributed by atoms with van der Waals surface area (Å²) >= 11 is 0. The van der Waals surface area contributed by atoms with E-state index in [1.54, 1.807) is 0 Å². The van der Waals surface area contributed by atoms with Crippen LogP contribution in [-0.2, 0) is 16.0 Å². The van der Waals surface area contributed by atoms with Crippen LogP contribution < -0.4 is 5.32 Å². The lowest BCUT2D eigenvalue weighted by Gasteiger charge is -2.18. The highest BCUT2D eigenvalue weighted by Crippen LogP contribution is 2.23. The summed E-state index contributed by atoms with van der Waals surface area (Å²) in [5.41, 5.74) is 2.23. The molecule has 126 valence electrons. The molecule has 7 heteroatoms. The van der Waals surface area contributed by atoms with Crippen molar-refractivity contribution in [2.75, 3.05) is 19.6 Å². The molecule has 1 aliphatic heterocycles. The van der Waals surface area contributed by atoms with Gasteiger partial charge in [-0.25, -0.2) is 0 Å². The molecule has 1 aliphatic rings. The topological polar surface area (TPSA) is 49.4 Å². The van der Waals surface area contributed by atoms with E-state index in [0.29, 0.717) is 17.9 Å². The Morgan fingerprint density at radius 3 is 2.70 bits per heavy atom. The van der Waals surface area contributed by atoms with E-state index < -0.39 is 24.5 Å². The van der Waals surface area contributed by atoms with E-state index in [-0.39, 0.29) is 18.9 Å². The van der Waals surface area contributed by atoms with Gasteiger partial charge in [-0.05, 0) is 24.5 Å². The number of carbonyl (C=O) groups is 2. The van der Waals surface area contributed by atoms with Gasteiger partial charge in [-0.1, -0.05) is 24.3 Å². The molecule has 0 bridgehead atoms. The maximum atomic E-state index is 12.3. The Balaban J connectivity index is 1.80. The predicted octanol–water partition coefficient (Wildman–Crippen LogP) is 2.06. The summed E-state index contributed by atoms with van der Waals surface area (Å²) in [6.45, 7) is 0.906. The van der Waals surface area contributed by atoms with Crippen molar-refractivity contribution < 1.29 is 22.8 Å². The van der Waals surface area contributed by atoms with Crippen LogP contribution in [0.1, 0.15) is 17.5 Å². The third kappa shape index (κ3) is 4.97. The molecule has 1 atom stereocenters. The highest BCUT2D eigenvalue weighted by molar-refractivity contribution is 5.89. The Hall–Kier alpha value is -2.05. The third-order valence-corrected chi connectivity index (χ3v) is 3.91. The molecular formula is C16H19F3N2O2. The Labute approximate surface area is 132 Å². The molecule has 2 amide bonds. The zero-order valence-corrected chi connectivity index (χ0v) is 12.8. The van der Waals surface area contributed by atoms with Crippen LogP contribution in [0.3, 0.4) is 0 Å². The average molecular weight is 328 g/mol. The number of aryl methyl sites for hydroxylation is 1. The highest BCUT2D eigenvalue weighted by atomic mass is 19.4. The number of nitrogens with one attached hydrogen (secondary N) is 1. The zero-order valence-electron chi connectivity index (χ0n) is 12.8. The van der Waals surface area contributed by atoms with Crippen LogP contribution in [-0.4, -0.2) is 42.5 Å². The van der Waals surface area contributed by atoms with Crippen LogP contribution in [0.5, 0.6) is 0 Å². The lowest BCUT2D eigenvalue weighted by atomic mass is 10.1. The minimum atomic E-state index is -4.44. The Morgan fingerprint density at radius 2 is 2.04 bits per heavy atom. The molecule has 1 saturated heterocycles. The number of hydrogen-bond donors (Lipinski definition) is 1. The summed E-state index contributed by atoms with van der Waals surface area (Å²) < 4.78 is 37.0. The number of halogens is 3. The number of alkyl halides is 3. The number of benzene rings is 1. The van der Waals surface area contributed by atoms with Crippen molar-refractivity contribution in [3.63, 3.8) is 0 Å². The van der Waals surface area contributed by atoms with Crippen molar-refractivity contribution in [3.05, 3.63) is 35.4 Å². The first-order valence-corrected chi connectivity index (χ1v) is 7.43.